The van der Waals surface area contributed by atoms with Crippen molar-refractivity contribution >= 4 is 0 Å². The van der Waals surface area contributed by atoms with E-state index in [0.29, 0.717) is 5.92 Å². The number of ether oxygens (including phenoxy) is 1. The van der Waals surface area contributed by atoms with Crippen LogP contribution in [0.5, 0.6) is 0 Å². The van der Waals surface area contributed by atoms with E-state index in [1.54, 1.807) is 0 Å². The zero-order valence-electron chi connectivity index (χ0n) is 7.70. The summed E-state index contributed by atoms with van der Waals surface area (Å²) in [5.41, 5.74) is 0. The molecule has 1 N–H and O–H groups in total. The van der Waals surface area contributed by atoms with Crippen LogP contribution < -0.4 is 0 Å². The van der Waals surface area contributed by atoms with Crippen LogP contribution in [-0.2, 0) is 4.74 Å². The highest BCUT2D eigenvalue weighted by atomic mass is 16.5. The van der Waals surface area contributed by atoms with Crippen molar-refractivity contribution in [2.75, 3.05) is 6.61 Å². The smallest absolute Gasteiger partial charge is 0.0838 e. The molecule has 2 nitrogen and oxygen atoms in total. The highest BCUT2D eigenvalue weighted by Gasteiger charge is 2.31. The molecule has 0 spiro atoms. The molecule has 1 fully saturated rings. The summed E-state index contributed by atoms with van der Waals surface area (Å²) in [5, 5.41) is 8.97. The van der Waals surface area contributed by atoms with E-state index in [1.807, 2.05) is 0 Å². The molecule has 0 aliphatic carbocycles. The molecule has 70 valence electrons. The fraction of sp³-hybridized carbons (Fsp3) is 0.900. The first-order valence-electron chi connectivity index (χ1n) is 4.79. The van der Waals surface area contributed by atoms with Crippen LogP contribution in [0.4, 0.5) is 0 Å². The van der Waals surface area contributed by atoms with Crippen molar-refractivity contribution < 1.29 is 9.84 Å². The van der Waals surface area contributed by atoms with Crippen LogP contribution in [0.3, 0.4) is 0 Å². The van der Waals surface area contributed by atoms with Crippen molar-refractivity contribution in [1.82, 2.24) is 0 Å². The first kappa shape index (κ1) is 10.0. The average molecular weight is 170 g/mol. The van der Waals surface area contributed by atoms with Crippen molar-refractivity contribution in [3.8, 4) is 0 Å². The van der Waals surface area contributed by atoms with Crippen LogP contribution >= 0.6 is 0 Å². The Balaban J connectivity index is 2.30. The van der Waals surface area contributed by atoms with Crippen LogP contribution in [0.15, 0.2) is 0 Å². The number of rotatable bonds is 4. The van der Waals surface area contributed by atoms with Gasteiger partial charge in [-0.25, -0.2) is 0 Å². The summed E-state index contributed by atoms with van der Waals surface area (Å²) in [7, 11) is 0. The van der Waals surface area contributed by atoms with Gasteiger partial charge in [0.25, 0.3) is 0 Å². The summed E-state index contributed by atoms with van der Waals surface area (Å²) in [6.45, 7) is 7.91. The van der Waals surface area contributed by atoms with Crippen molar-refractivity contribution in [2.24, 2.45) is 5.92 Å². The molecule has 12 heavy (non-hydrogen) atoms. The molecule has 2 heteroatoms. The molecule has 1 rings (SSSR count). The lowest BCUT2D eigenvalue weighted by Crippen LogP contribution is -2.20. The second-order valence-electron chi connectivity index (χ2n) is 3.53. The zero-order chi connectivity index (χ0) is 8.97. The minimum Gasteiger partial charge on any atom is -0.394 e. The van der Waals surface area contributed by atoms with Gasteiger partial charge >= 0.3 is 0 Å². The van der Waals surface area contributed by atoms with Crippen molar-refractivity contribution in [1.29, 1.82) is 0 Å². The lowest BCUT2D eigenvalue weighted by atomic mass is 9.94. The highest BCUT2D eigenvalue weighted by molar-refractivity contribution is 4.82. The molecule has 1 unspecified atom stereocenters. The summed E-state index contributed by atoms with van der Waals surface area (Å²) in [6.07, 6.45) is 4.29. The molecule has 0 saturated carbocycles. The molecule has 0 aromatic carbocycles. The molecular weight excluding hydrogens is 152 g/mol. The van der Waals surface area contributed by atoms with Gasteiger partial charge in [-0.15, -0.1) is 0 Å². The van der Waals surface area contributed by atoms with E-state index >= 15 is 0 Å². The largest absolute Gasteiger partial charge is 0.394 e. The number of hydrogen-bond donors (Lipinski definition) is 1. The molecule has 1 aliphatic heterocycles. The third kappa shape index (κ3) is 2.46. The second kappa shape index (κ2) is 4.83. The van der Waals surface area contributed by atoms with Crippen LogP contribution in [0.1, 0.15) is 32.6 Å². The van der Waals surface area contributed by atoms with Gasteiger partial charge in [0.2, 0.25) is 0 Å². The van der Waals surface area contributed by atoms with Gasteiger partial charge in [0.05, 0.1) is 18.8 Å². The molecule has 1 heterocycles. The molecular formula is C10H18O2. The Kier molecular flexibility index (Phi) is 4.02. The maximum Gasteiger partial charge on any atom is 0.0838 e. The topological polar surface area (TPSA) is 29.5 Å². The van der Waals surface area contributed by atoms with Crippen LogP contribution in [0, 0.1) is 12.8 Å². The molecule has 0 amide bonds. The SMILES string of the molecule is [CH]C1C[C@@H](CCCC)[C@@H](CO)O1. The molecule has 0 aromatic rings. The van der Waals surface area contributed by atoms with E-state index < -0.39 is 0 Å². The number of aliphatic hydroxyl groups excluding tert-OH is 1. The predicted molar refractivity (Wildman–Crippen MR) is 47.7 cm³/mol. The number of aliphatic hydroxyl groups is 1. The Morgan fingerprint density at radius 1 is 1.58 bits per heavy atom. The van der Waals surface area contributed by atoms with Gasteiger partial charge in [-0.05, 0) is 25.7 Å². The van der Waals surface area contributed by atoms with E-state index in [9.17, 15) is 0 Å². The van der Waals surface area contributed by atoms with Crippen molar-refractivity contribution in [2.45, 2.75) is 44.8 Å². The Morgan fingerprint density at radius 3 is 2.92 bits per heavy atom. The van der Waals surface area contributed by atoms with E-state index in [1.165, 1.54) is 12.8 Å². The Morgan fingerprint density at radius 2 is 2.33 bits per heavy atom. The highest BCUT2D eigenvalue weighted by Crippen LogP contribution is 2.29. The Hall–Kier alpha value is -0.0800. The second-order valence-corrected chi connectivity index (χ2v) is 3.53. The average Bonchev–Trinajstić information content (AvgIpc) is 2.42. The molecule has 2 radical (unpaired) electrons. The van der Waals surface area contributed by atoms with E-state index in [2.05, 4.69) is 6.92 Å². The minimum atomic E-state index is -0.149. The van der Waals surface area contributed by atoms with Crippen LogP contribution in [0.2, 0.25) is 0 Å². The molecule has 1 saturated heterocycles. The fourth-order valence-electron chi connectivity index (χ4n) is 1.80. The van der Waals surface area contributed by atoms with E-state index in [-0.39, 0.29) is 18.8 Å². The first-order valence-corrected chi connectivity index (χ1v) is 4.79. The Bertz CT molecular complexity index is 125. The normalized spacial score (nSPS) is 35.8. The van der Waals surface area contributed by atoms with E-state index in [0.717, 1.165) is 12.8 Å². The van der Waals surface area contributed by atoms with Gasteiger partial charge in [-0.1, -0.05) is 19.8 Å². The summed E-state index contributed by atoms with van der Waals surface area (Å²) < 4.78 is 5.35. The summed E-state index contributed by atoms with van der Waals surface area (Å²) in [5.74, 6) is 0.477. The maximum absolute atomic E-state index is 8.97. The zero-order valence-corrected chi connectivity index (χ0v) is 7.70. The van der Waals surface area contributed by atoms with Gasteiger partial charge < -0.3 is 9.84 Å². The van der Waals surface area contributed by atoms with Crippen LogP contribution in [0.25, 0.3) is 0 Å². The monoisotopic (exact) mass is 170 g/mol. The fourth-order valence-corrected chi connectivity index (χ4v) is 1.80. The molecule has 3 atom stereocenters. The lowest BCUT2D eigenvalue weighted by molar-refractivity contribution is 0.0139. The third-order valence-electron chi connectivity index (χ3n) is 2.52. The van der Waals surface area contributed by atoms with Gasteiger partial charge in [0.15, 0.2) is 0 Å². The van der Waals surface area contributed by atoms with E-state index in [4.69, 9.17) is 16.8 Å². The van der Waals surface area contributed by atoms with Gasteiger partial charge in [-0.3, -0.25) is 0 Å². The summed E-state index contributed by atoms with van der Waals surface area (Å²) in [6, 6.07) is 0. The summed E-state index contributed by atoms with van der Waals surface area (Å²) in [4.78, 5) is 0. The van der Waals surface area contributed by atoms with Crippen LogP contribution in [-0.4, -0.2) is 23.9 Å². The molecule has 0 bridgehead atoms. The molecule has 0 aromatic heterocycles. The quantitative estimate of drug-likeness (QED) is 0.695. The van der Waals surface area contributed by atoms with Crippen molar-refractivity contribution in [3.63, 3.8) is 0 Å². The van der Waals surface area contributed by atoms with Gasteiger partial charge in [-0.2, -0.15) is 0 Å². The van der Waals surface area contributed by atoms with Gasteiger partial charge in [0.1, 0.15) is 0 Å². The van der Waals surface area contributed by atoms with Crippen molar-refractivity contribution in [3.05, 3.63) is 6.92 Å². The maximum atomic E-state index is 8.97. The molecule has 1 aliphatic rings. The number of unbranched alkanes of at least 4 members (excludes halogenated alkanes) is 1. The van der Waals surface area contributed by atoms with Gasteiger partial charge in [0, 0.05) is 0 Å². The standard InChI is InChI=1S/C10H18O2/c1-3-4-5-9-6-8(2)12-10(9)7-11/h2,8-11H,3-7H2,1H3/t8?,9-,10-/m1/s1. The predicted octanol–water partition coefficient (Wildman–Crippen LogP) is 1.65. The first-order chi connectivity index (χ1) is 5.77. The third-order valence-corrected chi connectivity index (χ3v) is 2.52. The number of hydrogen-bond acceptors (Lipinski definition) is 2. The minimum absolute atomic E-state index is 0.00782. The summed E-state index contributed by atoms with van der Waals surface area (Å²) >= 11 is 0. The lowest BCUT2D eigenvalue weighted by Gasteiger charge is -2.14. The Labute approximate surface area is 74.9 Å².